The smallest absolute Gasteiger partial charge is 0.267 e. The molecule has 4 rings (SSSR count). The van der Waals surface area contributed by atoms with Crippen molar-refractivity contribution >= 4 is 51.7 Å². The number of piperazine rings is 1. The summed E-state index contributed by atoms with van der Waals surface area (Å²) in [5.74, 6) is 0.490. The molecule has 2 aliphatic heterocycles. The van der Waals surface area contributed by atoms with Crippen molar-refractivity contribution in [3.05, 3.63) is 44.7 Å². The largest absolute Gasteiger partial charge is 0.353 e. The van der Waals surface area contributed by atoms with Crippen molar-refractivity contribution in [1.82, 2.24) is 19.2 Å². The molecule has 1 amide bonds. The average Bonchev–Trinajstić information content (AvgIpc) is 3.02. The highest BCUT2D eigenvalue weighted by atomic mass is 32.2. The molecule has 0 bridgehead atoms. The number of hydrogen-bond donors (Lipinski definition) is 0. The number of pyridine rings is 1. The SMILES string of the molecule is CCN1CCN(c2nc3ccc(C)cn3c(=O)c2C=C2SC(=S)N(CC)C2=O)CC1. The molecule has 4 heterocycles. The number of rotatable bonds is 4. The summed E-state index contributed by atoms with van der Waals surface area (Å²) in [5.41, 5.74) is 1.86. The summed E-state index contributed by atoms with van der Waals surface area (Å²) < 4.78 is 2.09. The third-order valence-electron chi connectivity index (χ3n) is 5.57. The summed E-state index contributed by atoms with van der Waals surface area (Å²) in [7, 11) is 0. The minimum absolute atomic E-state index is 0.150. The van der Waals surface area contributed by atoms with Crippen LogP contribution in [0.15, 0.2) is 28.0 Å². The number of thioether (sulfide) groups is 1. The van der Waals surface area contributed by atoms with Gasteiger partial charge >= 0.3 is 0 Å². The lowest BCUT2D eigenvalue weighted by Crippen LogP contribution is -2.47. The number of likely N-dealkylation sites (N-methyl/N-ethyl adjacent to an activating group) is 2. The molecule has 158 valence electrons. The number of anilines is 1. The van der Waals surface area contributed by atoms with Crippen molar-refractivity contribution in [2.24, 2.45) is 0 Å². The fourth-order valence-corrected chi connectivity index (χ4v) is 5.16. The summed E-state index contributed by atoms with van der Waals surface area (Å²) in [6.07, 6.45) is 3.47. The van der Waals surface area contributed by atoms with Gasteiger partial charge in [0.1, 0.15) is 15.8 Å². The quantitative estimate of drug-likeness (QED) is 0.531. The summed E-state index contributed by atoms with van der Waals surface area (Å²) >= 11 is 6.58. The van der Waals surface area contributed by atoms with Crippen LogP contribution in [0.4, 0.5) is 5.82 Å². The molecule has 2 fully saturated rings. The number of carbonyl (C=O) groups excluding carboxylic acids is 1. The zero-order valence-electron chi connectivity index (χ0n) is 17.4. The molecule has 0 atom stereocenters. The van der Waals surface area contributed by atoms with Gasteiger partial charge in [-0.1, -0.05) is 37.0 Å². The van der Waals surface area contributed by atoms with E-state index in [1.165, 1.54) is 11.8 Å². The molecule has 2 aromatic rings. The van der Waals surface area contributed by atoms with Crippen LogP contribution in [0.2, 0.25) is 0 Å². The van der Waals surface area contributed by atoms with Gasteiger partial charge < -0.3 is 9.80 Å². The molecule has 0 saturated carbocycles. The van der Waals surface area contributed by atoms with E-state index in [4.69, 9.17) is 17.2 Å². The summed E-state index contributed by atoms with van der Waals surface area (Å²) in [4.78, 5) is 37.6. The number of aromatic nitrogens is 2. The maximum absolute atomic E-state index is 13.5. The van der Waals surface area contributed by atoms with Gasteiger partial charge in [-0.25, -0.2) is 4.98 Å². The average molecular weight is 444 g/mol. The lowest BCUT2D eigenvalue weighted by molar-refractivity contribution is -0.121. The first-order valence-electron chi connectivity index (χ1n) is 10.2. The van der Waals surface area contributed by atoms with Crippen LogP contribution in [-0.2, 0) is 4.79 Å². The molecule has 0 aromatic carbocycles. The number of nitrogens with zero attached hydrogens (tertiary/aromatic N) is 5. The van der Waals surface area contributed by atoms with E-state index in [0.717, 1.165) is 38.3 Å². The van der Waals surface area contributed by atoms with Crippen LogP contribution in [0, 0.1) is 6.92 Å². The first-order chi connectivity index (χ1) is 14.4. The molecule has 2 aliphatic rings. The van der Waals surface area contributed by atoms with Gasteiger partial charge in [0, 0.05) is 38.9 Å². The molecule has 2 saturated heterocycles. The molecule has 9 heteroatoms. The van der Waals surface area contributed by atoms with Gasteiger partial charge in [0.25, 0.3) is 11.5 Å². The van der Waals surface area contributed by atoms with Crippen LogP contribution < -0.4 is 10.5 Å². The van der Waals surface area contributed by atoms with Gasteiger partial charge in [-0.3, -0.25) is 18.9 Å². The number of fused-ring (bicyclic) bond motifs is 1. The van der Waals surface area contributed by atoms with Gasteiger partial charge in [-0.15, -0.1) is 0 Å². The molecule has 0 spiro atoms. The predicted octanol–water partition coefficient (Wildman–Crippen LogP) is 2.37. The minimum Gasteiger partial charge on any atom is -0.353 e. The molecule has 0 radical (unpaired) electrons. The van der Waals surface area contributed by atoms with E-state index in [1.54, 1.807) is 21.6 Å². The highest BCUT2D eigenvalue weighted by Gasteiger charge is 2.32. The van der Waals surface area contributed by atoms with Crippen molar-refractivity contribution in [2.45, 2.75) is 20.8 Å². The Labute approximate surface area is 185 Å². The fraction of sp³-hybridized carbons (Fsp3) is 0.429. The van der Waals surface area contributed by atoms with Crippen molar-refractivity contribution in [3.8, 4) is 0 Å². The highest BCUT2D eigenvalue weighted by Crippen LogP contribution is 2.33. The maximum atomic E-state index is 13.5. The van der Waals surface area contributed by atoms with Crippen molar-refractivity contribution in [2.75, 3.05) is 44.2 Å². The normalized spacial score (nSPS) is 19.5. The standard InChI is InChI=1S/C21H25N5O2S2/c1-4-23-8-10-24(11-9-23)18-15(12-16-20(28)25(5-2)21(29)30-16)19(27)26-13-14(3)6-7-17(26)22-18/h6-7,12-13H,4-5,8-11H2,1-3H3. The topological polar surface area (TPSA) is 61.2 Å². The number of amides is 1. The Morgan fingerprint density at radius 2 is 1.87 bits per heavy atom. The van der Waals surface area contributed by atoms with Crippen LogP contribution in [0.1, 0.15) is 25.0 Å². The van der Waals surface area contributed by atoms with Crippen LogP contribution in [-0.4, -0.2) is 68.7 Å². The van der Waals surface area contributed by atoms with Gasteiger partial charge in [0.2, 0.25) is 0 Å². The Morgan fingerprint density at radius 1 is 1.13 bits per heavy atom. The second kappa shape index (κ2) is 8.49. The summed E-state index contributed by atoms with van der Waals surface area (Å²) in [6.45, 7) is 10.9. The Hall–Kier alpha value is -2.23. The first-order valence-corrected chi connectivity index (χ1v) is 11.4. The zero-order valence-corrected chi connectivity index (χ0v) is 19.1. The Balaban J connectivity index is 1.85. The molecular weight excluding hydrogens is 418 g/mol. The van der Waals surface area contributed by atoms with E-state index >= 15 is 0 Å². The molecule has 0 N–H and O–H groups in total. The van der Waals surface area contributed by atoms with E-state index < -0.39 is 0 Å². The van der Waals surface area contributed by atoms with Gasteiger partial charge in [0.15, 0.2) is 0 Å². The number of carbonyl (C=O) groups is 1. The molecule has 30 heavy (non-hydrogen) atoms. The second-order valence-corrected chi connectivity index (χ2v) is 9.11. The third-order valence-corrected chi connectivity index (χ3v) is 6.95. The van der Waals surface area contributed by atoms with Crippen molar-refractivity contribution in [1.29, 1.82) is 0 Å². The minimum atomic E-state index is -0.168. The van der Waals surface area contributed by atoms with Gasteiger partial charge in [-0.2, -0.15) is 0 Å². The van der Waals surface area contributed by atoms with E-state index in [1.807, 2.05) is 26.0 Å². The third kappa shape index (κ3) is 3.77. The van der Waals surface area contributed by atoms with E-state index in [9.17, 15) is 9.59 Å². The molecule has 7 nitrogen and oxygen atoms in total. The van der Waals surface area contributed by atoms with Crippen LogP contribution in [0.25, 0.3) is 11.7 Å². The fourth-order valence-electron chi connectivity index (χ4n) is 3.79. The number of hydrogen-bond acceptors (Lipinski definition) is 7. The van der Waals surface area contributed by atoms with Crippen LogP contribution >= 0.6 is 24.0 Å². The van der Waals surface area contributed by atoms with E-state index in [-0.39, 0.29) is 11.5 Å². The summed E-state index contributed by atoms with van der Waals surface area (Å²) in [6, 6.07) is 3.81. The lowest BCUT2D eigenvalue weighted by atomic mass is 10.2. The Bertz CT molecular complexity index is 1100. The van der Waals surface area contributed by atoms with Crippen molar-refractivity contribution < 1.29 is 4.79 Å². The Kier molecular flexibility index (Phi) is 5.95. The van der Waals surface area contributed by atoms with Gasteiger partial charge in [-0.05, 0) is 38.1 Å². The number of aryl methyl sites for hydroxylation is 1. The zero-order chi connectivity index (χ0) is 21.4. The number of thiocarbonyl (C=S) groups is 1. The van der Waals surface area contributed by atoms with Crippen molar-refractivity contribution in [3.63, 3.8) is 0 Å². The predicted molar refractivity (Wildman–Crippen MR) is 126 cm³/mol. The maximum Gasteiger partial charge on any atom is 0.267 e. The second-order valence-electron chi connectivity index (χ2n) is 7.44. The monoisotopic (exact) mass is 443 g/mol. The van der Waals surface area contributed by atoms with Crippen LogP contribution in [0.5, 0.6) is 0 Å². The van der Waals surface area contributed by atoms with Crippen LogP contribution in [0.3, 0.4) is 0 Å². The molecule has 0 unspecified atom stereocenters. The molecule has 2 aromatic heterocycles. The first kappa shape index (κ1) is 21.0. The summed E-state index contributed by atoms with van der Waals surface area (Å²) in [5, 5.41) is 0. The van der Waals surface area contributed by atoms with Gasteiger partial charge in [0.05, 0.1) is 10.5 Å². The Morgan fingerprint density at radius 3 is 2.50 bits per heavy atom. The molecular formula is C21H25N5O2S2. The van der Waals surface area contributed by atoms with E-state index in [2.05, 4.69) is 16.7 Å². The van der Waals surface area contributed by atoms with E-state index in [0.29, 0.717) is 32.8 Å². The lowest BCUT2D eigenvalue weighted by Gasteiger charge is -2.35. The highest BCUT2D eigenvalue weighted by molar-refractivity contribution is 8.26. The molecule has 0 aliphatic carbocycles.